The minimum atomic E-state index is -0.215. The highest BCUT2D eigenvalue weighted by Crippen LogP contribution is 2.31. The summed E-state index contributed by atoms with van der Waals surface area (Å²) in [5.74, 6) is 1.21. The van der Waals surface area contributed by atoms with Gasteiger partial charge in [0, 0.05) is 10.6 Å². The second kappa shape index (κ2) is 9.20. The lowest BCUT2D eigenvalue weighted by Crippen LogP contribution is -2.17. The monoisotopic (exact) mass is 447 g/mol. The Morgan fingerprint density at radius 1 is 1.10 bits per heavy atom. The standard InChI is InChI=1S/C22H22ClNO3S2/c1-22(2,3)15-4-7-17(8-5-15)26-10-11-27-18-9-6-16(23)12-14(18)13-19-20(25)24-21(28)29-19/h4-9,12-13H,10-11H2,1-3H3,(H,24,25,28). The maximum absolute atomic E-state index is 11.9. The summed E-state index contributed by atoms with van der Waals surface area (Å²) in [5, 5.41) is 3.16. The maximum atomic E-state index is 11.9. The first-order chi connectivity index (χ1) is 13.7. The van der Waals surface area contributed by atoms with Gasteiger partial charge in [0.1, 0.15) is 29.0 Å². The van der Waals surface area contributed by atoms with Crippen LogP contribution in [0, 0.1) is 0 Å². The lowest BCUT2D eigenvalue weighted by molar-refractivity contribution is -0.115. The Balaban J connectivity index is 1.60. The lowest BCUT2D eigenvalue weighted by atomic mass is 9.87. The van der Waals surface area contributed by atoms with Gasteiger partial charge in [-0.05, 0) is 47.4 Å². The van der Waals surface area contributed by atoms with E-state index in [9.17, 15) is 4.79 Å². The van der Waals surface area contributed by atoms with Crippen LogP contribution in [0.25, 0.3) is 6.08 Å². The molecule has 0 unspecified atom stereocenters. The van der Waals surface area contributed by atoms with Gasteiger partial charge < -0.3 is 14.8 Å². The van der Waals surface area contributed by atoms with Gasteiger partial charge in [0.2, 0.25) is 0 Å². The molecule has 4 nitrogen and oxygen atoms in total. The van der Waals surface area contributed by atoms with Crippen LogP contribution in [0.1, 0.15) is 31.9 Å². The SMILES string of the molecule is CC(C)(C)c1ccc(OCCOc2ccc(Cl)cc2C=C2SC(=S)NC2=O)cc1. The first-order valence-corrected chi connectivity index (χ1v) is 10.7. The summed E-state index contributed by atoms with van der Waals surface area (Å²) in [6.07, 6.45) is 1.73. The van der Waals surface area contributed by atoms with Crippen molar-refractivity contribution in [2.75, 3.05) is 13.2 Å². The van der Waals surface area contributed by atoms with E-state index in [1.54, 1.807) is 24.3 Å². The minimum Gasteiger partial charge on any atom is -0.490 e. The van der Waals surface area contributed by atoms with Crippen LogP contribution >= 0.6 is 35.6 Å². The number of thiocarbonyl (C=S) groups is 1. The van der Waals surface area contributed by atoms with Crippen LogP contribution in [0.15, 0.2) is 47.4 Å². The number of hydrogen-bond acceptors (Lipinski definition) is 5. The molecule has 1 aliphatic heterocycles. The lowest BCUT2D eigenvalue weighted by Gasteiger charge is -2.19. The number of rotatable bonds is 6. The number of ether oxygens (including phenoxy) is 2. The first kappa shape index (κ1) is 21.7. The fraction of sp³-hybridized carbons (Fsp3) is 0.273. The van der Waals surface area contributed by atoms with E-state index in [0.29, 0.717) is 33.2 Å². The molecule has 1 aliphatic rings. The Hall–Kier alpha value is -2.02. The number of thioether (sulfide) groups is 1. The summed E-state index contributed by atoms with van der Waals surface area (Å²) >= 11 is 12.4. The smallest absolute Gasteiger partial charge is 0.263 e. The van der Waals surface area contributed by atoms with E-state index in [0.717, 1.165) is 11.3 Å². The van der Waals surface area contributed by atoms with Crippen LogP contribution in [0.3, 0.4) is 0 Å². The van der Waals surface area contributed by atoms with Crippen molar-refractivity contribution in [3.8, 4) is 11.5 Å². The van der Waals surface area contributed by atoms with E-state index in [4.69, 9.17) is 33.3 Å². The Kier molecular flexibility index (Phi) is 6.88. The highest BCUT2D eigenvalue weighted by atomic mass is 35.5. The van der Waals surface area contributed by atoms with Crippen molar-refractivity contribution in [2.45, 2.75) is 26.2 Å². The summed E-state index contributed by atoms with van der Waals surface area (Å²) < 4.78 is 12.1. The number of carbonyl (C=O) groups excluding carboxylic acids is 1. The molecule has 1 saturated heterocycles. The Morgan fingerprint density at radius 2 is 1.79 bits per heavy atom. The molecule has 0 spiro atoms. The Morgan fingerprint density at radius 3 is 2.41 bits per heavy atom. The Bertz CT molecular complexity index is 950. The molecule has 3 rings (SSSR count). The zero-order valence-corrected chi connectivity index (χ0v) is 18.8. The third-order valence-corrected chi connectivity index (χ3v) is 5.63. The van der Waals surface area contributed by atoms with Crippen LogP contribution < -0.4 is 14.8 Å². The fourth-order valence-electron chi connectivity index (χ4n) is 2.69. The molecule has 0 aliphatic carbocycles. The molecular formula is C22H22ClNO3S2. The molecule has 1 fully saturated rings. The molecule has 1 amide bonds. The van der Waals surface area contributed by atoms with Gasteiger partial charge in [-0.15, -0.1) is 0 Å². The fourth-order valence-corrected chi connectivity index (χ4v) is 3.90. The molecule has 1 N–H and O–H groups in total. The Labute approximate surface area is 185 Å². The topological polar surface area (TPSA) is 47.6 Å². The summed E-state index contributed by atoms with van der Waals surface area (Å²) in [7, 11) is 0. The van der Waals surface area contributed by atoms with Gasteiger partial charge in [-0.3, -0.25) is 4.79 Å². The van der Waals surface area contributed by atoms with Crippen molar-refractivity contribution >= 4 is 51.9 Å². The average Bonchev–Trinajstić information content (AvgIpc) is 2.97. The van der Waals surface area contributed by atoms with Gasteiger partial charge in [-0.2, -0.15) is 0 Å². The predicted molar refractivity (Wildman–Crippen MR) is 124 cm³/mol. The van der Waals surface area contributed by atoms with Crippen molar-refractivity contribution in [3.05, 3.63) is 63.5 Å². The van der Waals surface area contributed by atoms with Crippen LogP contribution in [-0.4, -0.2) is 23.4 Å². The summed E-state index contributed by atoms with van der Waals surface area (Å²) in [6.45, 7) is 7.29. The van der Waals surface area contributed by atoms with Crippen molar-refractivity contribution in [2.24, 2.45) is 0 Å². The number of carbonyl (C=O) groups is 1. The average molecular weight is 448 g/mol. The summed E-state index contributed by atoms with van der Waals surface area (Å²) in [4.78, 5) is 12.4. The third-order valence-electron chi connectivity index (χ3n) is 4.23. The van der Waals surface area contributed by atoms with Gasteiger partial charge in [0.15, 0.2) is 0 Å². The van der Waals surface area contributed by atoms with E-state index in [-0.39, 0.29) is 11.3 Å². The molecule has 0 bridgehead atoms. The molecule has 0 aromatic heterocycles. The summed E-state index contributed by atoms with van der Waals surface area (Å²) in [5.41, 5.74) is 2.09. The van der Waals surface area contributed by atoms with Gasteiger partial charge in [-0.1, -0.05) is 68.5 Å². The maximum Gasteiger partial charge on any atom is 0.263 e. The number of amides is 1. The molecule has 7 heteroatoms. The second-order valence-electron chi connectivity index (χ2n) is 7.51. The van der Waals surface area contributed by atoms with E-state index in [1.807, 2.05) is 12.1 Å². The van der Waals surface area contributed by atoms with Crippen molar-refractivity contribution in [1.29, 1.82) is 0 Å². The highest BCUT2D eigenvalue weighted by molar-refractivity contribution is 8.26. The predicted octanol–water partition coefficient (Wildman–Crippen LogP) is 5.58. The van der Waals surface area contributed by atoms with Crippen molar-refractivity contribution in [3.63, 3.8) is 0 Å². The largest absolute Gasteiger partial charge is 0.490 e. The van der Waals surface area contributed by atoms with E-state index in [1.165, 1.54) is 17.3 Å². The second-order valence-corrected chi connectivity index (χ2v) is 9.66. The van der Waals surface area contributed by atoms with E-state index < -0.39 is 0 Å². The molecule has 2 aromatic carbocycles. The number of halogens is 1. The first-order valence-electron chi connectivity index (χ1n) is 9.13. The number of nitrogens with one attached hydrogen (secondary N) is 1. The van der Waals surface area contributed by atoms with Gasteiger partial charge in [-0.25, -0.2) is 0 Å². The third kappa shape index (κ3) is 5.98. The normalized spacial score (nSPS) is 15.5. The molecular weight excluding hydrogens is 426 g/mol. The molecule has 0 atom stereocenters. The van der Waals surface area contributed by atoms with Crippen molar-refractivity contribution in [1.82, 2.24) is 5.32 Å². The van der Waals surface area contributed by atoms with E-state index in [2.05, 4.69) is 38.2 Å². The van der Waals surface area contributed by atoms with Gasteiger partial charge in [0.05, 0.1) is 4.91 Å². The van der Waals surface area contributed by atoms with Crippen LogP contribution in [0.2, 0.25) is 5.02 Å². The molecule has 0 saturated carbocycles. The highest BCUT2D eigenvalue weighted by Gasteiger charge is 2.22. The molecule has 0 radical (unpaired) electrons. The van der Waals surface area contributed by atoms with E-state index >= 15 is 0 Å². The van der Waals surface area contributed by atoms with Crippen LogP contribution in [0.5, 0.6) is 11.5 Å². The molecule has 152 valence electrons. The molecule has 1 heterocycles. The van der Waals surface area contributed by atoms with Crippen molar-refractivity contribution < 1.29 is 14.3 Å². The molecule has 2 aromatic rings. The zero-order chi connectivity index (χ0) is 21.0. The minimum absolute atomic E-state index is 0.110. The zero-order valence-electron chi connectivity index (χ0n) is 16.5. The van der Waals surface area contributed by atoms with Crippen LogP contribution in [0.4, 0.5) is 0 Å². The number of benzene rings is 2. The molecule has 29 heavy (non-hydrogen) atoms. The van der Waals surface area contributed by atoms with Gasteiger partial charge >= 0.3 is 0 Å². The van der Waals surface area contributed by atoms with Crippen LogP contribution in [-0.2, 0) is 10.2 Å². The number of hydrogen-bond donors (Lipinski definition) is 1. The van der Waals surface area contributed by atoms with Gasteiger partial charge in [0.25, 0.3) is 5.91 Å². The summed E-state index contributed by atoms with van der Waals surface area (Å²) in [6, 6.07) is 13.4. The quantitative estimate of drug-likeness (QED) is 0.355.